The lowest BCUT2D eigenvalue weighted by Gasteiger charge is -2.11. The number of para-hydroxylation sites is 2. The fraction of sp³-hybridized carbons (Fsp3) is 0.556. The second-order valence-corrected chi connectivity index (χ2v) is 6.25. The van der Waals surface area contributed by atoms with E-state index in [1.54, 1.807) is 7.05 Å². The fourth-order valence-electron chi connectivity index (χ4n) is 2.56. The molecule has 6 heteroatoms. The predicted molar refractivity (Wildman–Crippen MR) is 97.3 cm³/mol. The molecule has 0 atom stereocenters. The molecule has 3 rings (SSSR count). The zero-order chi connectivity index (χ0) is 16.6. The third-order valence-electron chi connectivity index (χ3n) is 4.12. The molecule has 1 saturated carbocycles. The highest BCUT2D eigenvalue weighted by Gasteiger charge is 2.20. The van der Waals surface area contributed by atoms with Crippen molar-refractivity contribution >= 4 is 17.0 Å². The second kappa shape index (κ2) is 8.68. The first kappa shape index (κ1) is 16.8. The molecular weight excluding hydrogens is 302 g/mol. The van der Waals surface area contributed by atoms with Crippen LogP contribution in [0.2, 0.25) is 0 Å². The molecule has 24 heavy (non-hydrogen) atoms. The van der Waals surface area contributed by atoms with Gasteiger partial charge in [0.25, 0.3) is 0 Å². The van der Waals surface area contributed by atoms with Gasteiger partial charge < -0.3 is 20.4 Å². The predicted octanol–water partition coefficient (Wildman–Crippen LogP) is 2.09. The number of ether oxygens (including phenoxy) is 1. The highest BCUT2D eigenvalue weighted by molar-refractivity contribution is 5.79. The number of imidazole rings is 1. The van der Waals surface area contributed by atoms with Crippen LogP contribution in [-0.2, 0) is 11.2 Å². The van der Waals surface area contributed by atoms with Crippen molar-refractivity contribution in [2.24, 2.45) is 10.9 Å². The van der Waals surface area contributed by atoms with Crippen molar-refractivity contribution in [2.75, 3.05) is 33.4 Å². The minimum atomic E-state index is 0.789. The Morgan fingerprint density at radius 1 is 1.29 bits per heavy atom. The second-order valence-electron chi connectivity index (χ2n) is 6.25. The lowest BCUT2D eigenvalue weighted by atomic mass is 10.3. The van der Waals surface area contributed by atoms with Crippen LogP contribution in [0.1, 0.15) is 25.1 Å². The maximum Gasteiger partial charge on any atom is 0.190 e. The van der Waals surface area contributed by atoms with Gasteiger partial charge in [-0.25, -0.2) is 4.98 Å². The highest BCUT2D eigenvalue weighted by atomic mass is 16.5. The van der Waals surface area contributed by atoms with Crippen LogP contribution in [0.4, 0.5) is 0 Å². The number of fused-ring (bicyclic) bond motifs is 1. The van der Waals surface area contributed by atoms with Crippen LogP contribution in [0.3, 0.4) is 0 Å². The topological polar surface area (TPSA) is 74.3 Å². The zero-order valence-corrected chi connectivity index (χ0v) is 14.3. The highest BCUT2D eigenvalue weighted by Crippen LogP contribution is 2.28. The monoisotopic (exact) mass is 329 g/mol. The lowest BCUT2D eigenvalue weighted by molar-refractivity contribution is 0.123. The Labute approximate surface area is 143 Å². The smallest absolute Gasteiger partial charge is 0.190 e. The molecule has 0 radical (unpaired) electrons. The zero-order valence-electron chi connectivity index (χ0n) is 14.3. The summed E-state index contributed by atoms with van der Waals surface area (Å²) >= 11 is 0. The van der Waals surface area contributed by atoms with Gasteiger partial charge in [0, 0.05) is 39.8 Å². The van der Waals surface area contributed by atoms with Gasteiger partial charge in [0.15, 0.2) is 5.96 Å². The Morgan fingerprint density at radius 3 is 2.92 bits per heavy atom. The van der Waals surface area contributed by atoms with Crippen LogP contribution in [-0.4, -0.2) is 49.3 Å². The van der Waals surface area contributed by atoms with Crippen molar-refractivity contribution in [2.45, 2.75) is 25.7 Å². The number of H-pyrrole nitrogens is 1. The quantitative estimate of drug-likeness (QED) is 0.374. The number of benzene rings is 1. The molecule has 2 aromatic rings. The number of guanidine groups is 1. The van der Waals surface area contributed by atoms with Gasteiger partial charge in [0.1, 0.15) is 5.82 Å². The van der Waals surface area contributed by atoms with E-state index in [0.717, 1.165) is 67.9 Å². The van der Waals surface area contributed by atoms with Gasteiger partial charge in [-0.1, -0.05) is 12.1 Å². The summed E-state index contributed by atoms with van der Waals surface area (Å²) in [6, 6.07) is 8.09. The van der Waals surface area contributed by atoms with Gasteiger partial charge in [-0.05, 0) is 37.3 Å². The van der Waals surface area contributed by atoms with E-state index in [4.69, 9.17) is 4.74 Å². The minimum Gasteiger partial charge on any atom is -0.381 e. The normalized spacial score (nSPS) is 15.0. The standard InChI is InChI=1S/C18H27N5O/c1-19-18(20-10-4-12-24-13-14-7-8-14)21-11-9-17-22-15-5-2-3-6-16(15)23-17/h2-3,5-6,14H,4,7-13H2,1H3,(H,22,23)(H2,19,20,21). The maximum atomic E-state index is 5.63. The summed E-state index contributed by atoms with van der Waals surface area (Å²) in [7, 11) is 1.79. The minimum absolute atomic E-state index is 0.789. The number of aromatic nitrogens is 2. The van der Waals surface area contributed by atoms with Gasteiger partial charge in [0.2, 0.25) is 0 Å². The summed E-state index contributed by atoms with van der Waals surface area (Å²) in [5.41, 5.74) is 2.10. The third-order valence-corrected chi connectivity index (χ3v) is 4.12. The Morgan fingerprint density at radius 2 is 2.12 bits per heavy atom. The van der Waals surface area contributed by atoms with Gasteiger partial charge in [-0.15, -0.1) is 0 Å². The third kappa shape index (κ3) is 5.23. The van der Waals surface area contributed by atoms with E-state index in [0.29, 0.717) is 0 Å². The van der Waals surface area contributed by atoms with E-state index in [-0.39, 0.29) is 0 Å². The van der Waals surface area contributed by atoms with Crippen molar-refractivity contribution in [1.82, 2.24) is 20.6 Å². The van der Waals surface area contributed by atoms with Crippen LogP contribution in [0.15, 0.2) is 29.3 Å². The summed E-state index contributed by atoms with van der Waals surface area (Å²) in [5, 5.41) is 6.63. The van der Waals surface area contributed by atoms with E-state index >= 15 is 0 Å². The molecule has 1 aliphatic carbocycles. The lowest BCUT2D eigenvalue weighted by Crippen LogP contribution is -2.39. The van der Waals surface area contributed by atoms with E-state index in [2.05, 4.69) is 25.6 Å². The molecule has 1 aliphatic rings. The van der Waals surface area contributed by atoms with E-state index in [1.807, 2.05) is 24.3 Å². The number of aliphatic imine (C=N–C) groups is 1. The molecule has 0 spiro atoms. The van der Waals surface area contributed by atoms with Gasteiger partial charge in [0.05, 0.1) is 11.0 Å². The molecule has 0 bridgehead atoms. The Bertz CT molecular complexity index is 629. The largest absolute Gasteiger partial charge is 0.381 e. The Hall–Kier alpha value is -2.08. The number of nitrogens with one attached hydrogen (secondary N) is 3. The van der Waals surface area contributed by atoms with Crippen molar-refractivity contribution in [3.8, 4) is 0 Å². The number of nitrogens with zero attached hydrogens (tertiary/aromatic N) is 2. The molecule has 0 unspecified atom stereocenters. The summed E-state index contributed by atoms with van der Waals surface area (Å²) in [5.74, 6) is 2.66. The molecule has 0 saturated heterocycles. The summed E-state index contributed by atoms with van der Waals surface area (Å²) < 4.78 is 5.63. The average Bonchev–Trinajstić information content (AvgIpc) is 3.33. The first-order valence-electron chi connectivity index (χ1n) is 8.81. The molecule has 1 fully saturated rings. The molecule has 1 aromatic heterocycles. The number of rotatable bonds is 9. The first-order chi connectivity index (χ1) is 11.8. The first-order valence-corrected chi connectivity index (χ1v) is 8.81. The summed E-state index contributed by atoms with van der Waals surface area (Å²) in [4.78, 5) is 12.2. The number of hydrogen-bond donors (Lipinski definition) is 3. The molecular formula is C18H27N5O. The van der Waals surface area contributed by atoms with E-state index in [1.165, 1.54) is 12.8 Å². The van der Waals surface area contributed by atoms with Gasteiger partial charge in [-0.3, -0.25) is 4.99 Å². The van der Waals surface area contributed by atoms with Crippen molar-refractivity contribution in [3.63, 3.8) is 0 Å². The molecule has 130 valence electrons. The molecule has 1 heterocycles. The molecule has 0 aliphatic heterocycles. The molecule has 1 aromatic carbocycles. The van der Waals surface area contributed by atoms with Crippen molar-refractivity contribution in [3.05, 3.63) is 30.1 Å². The van der Waals surface area contributed by atoms with Crippen molar-refractivity contribution in [1.29, 1.82) is 0 Å². The van der Waals surface area contributed by atoms with Crippen LogP contribution >= 0.6 is 0 Å². The maximum absolute atomic E-state index is 5.63. The summed E-state index contributed by atoms with van der Waals surface area (Å²) in [6.45, 7) is 3.41. The SMILES string of the molecule is CN=C(NCCCOCC1CC1)NCCc1nc2ccccc2[nH]1. The Kier molecular flexibility index (Phi) is 6.07. The fourth-order valence-corrected chi connectivity index (χ4v) is 2.56. The summed E-state index contributed by atoms with van der Waals surface area (Å²) in [6.07, 6.45) is 4.52. The van der Waals surface area contributed by atoms with Crippen molar-refractivity contribution < 1.29 is 4.74 Å². The number of hydrogen-bond acceptors (Lipinski definition) is 3. The van der Waals surface area contributed by atoms with Crippen LogP contribution < -0.4 is 10.6 Å². The van der Waals surface area contributed by atoms with Crippen LogP contribution in [0, 0.1) is 5.92 Å². The number of aromatic amines is 1. The van der Waals surface area contributed by atoms with E-state index in [9.17, 15) is 0 Å². The molecule has 6 nitrogen and oxygen atoms in total. The average molecular weight is 329 g/mol. The molecule has 0 amide bonds. The van der Waals surface area contributed by atoms with Gasteiger partial charge in [-0.2, -0.15) is 0 Å². The Balaban J connectivity index is 1.30. The van der Waals surface area contributed by atoms with E-state index < -0.39 is 0 Å². The molecule has 3 N–H and O–H groups in total. The van der Waals surface area contributed by atoms with Crippen LogP contribution in [0.25, 0.3) is 11.0 Å². The van der Waals surface area contributed by atoms with Crippen LogP contribution in [0.5, 0.6) is 0 Å². The van der Waals surface area contributed by atoms with Gasteiger partial charge >= 0.3 is 0 Å².